The van der Waals surface area contributed by atoms with E-state index in [-0.39, 0.29) is 27.8 Å². The molecule has 2 heterocycles. The van der Waals surface area contributed by atoms with Crippen LogP contribution in [0.3, 0.4) is 0 Å². The first-order valence-electron chi connectivity index (χ1n) is 9.05. The molecule has 4 rings (SSSR count). The van der Waals surface area contributed by atoms with E-state index in [2.05, 4.69) is 0 Å². The van der Waals surface area contributed by atoms with Crippen LogP contribution in [-0.2, 0) is 9.59 Å². The average molecular weight is 455 g/mol. The van der Waals surface area contributed by atoms with E-state index in [0.717, 1.165) is 12.1 Å². The van der Waals surface area contributed by atoms with E-state index < -0.39 is 35.2 Å². The third-order valence-corrected chi connectivity index (χ3v) is 4.92. The van der Waals surface area contributed by atoms with E-state index in [1.165, 1.54) is 48.5 Å². The lowest BCUT2D eigenvalue weighted by molar-refractivity contribution is -0.122. The predicted molar refractivity (Wildman–Crippen MR) is 112 cm³/mol. The molecule has 4 amide bonds. The van der Waals surface area contributed by atoms with Gasteiger partial charge in [0.1, 0.15) is 22.9 Å². The molecule has 160 valence electrons. The van der Waals surface area contributed by atoms with Crippen molar-refractivity contribution in [2.75, 3.05) is 4.90 Å². The van der Waals surface area contributed by atoms with E-state index in [4.69, 9.17) is 21.1 Å². The number of para-hydroxylation sites is 1. The number of nitrogens with one attached hydrogen (secondary N) is 1. The Morgan fingerprint density at radius 3 is 2.56 bits per heavy atom. The number of amides is 4. The van der Waals surface area contributed by atoms with E-state index in [0.29, 0.717) is 10.5 Å². The Morgan fingerprint density at radius 2 is 1.84 bits per heavy atom. The summed E-state index contributed by atoms with van der Waals surface area (Å²) in [5, 5.41) is 11.4. The molecule has 1 saturated heterocycles. The zero-order valence-corrected chi connectivity index (χ0v) is 16.7. The second-order valence-corrected chi connectivity index (χ2v) is 7.02. The molecule has 0 saturated carbocycles. The molecule has 1 aromatic heterocycles. The van der Waals surface area contributed by atoms with E-state index in [9.17, 15) is 23.6 Å². The summed E-state index contributed by atoms with van der Waals surface area (Å²) in [5.74, 6) is -3.74. The lowest BCUT2D eigenvalue weighted by atomic mass is 10.1. The number of carboxylic acid groups (broad SMARTS) is 1. The summed E-state index contributed by atoms with van der Waals surface area (Å²) in [6.07, 6.45) is 1.09. The quantitative estimate of drug-likeness (QED) is 0.452. The number of carbonyl (C=O) groups is 4. The molecular weight excluding hydrogens is 443 g/mol. The van der Waals surface area contributed by atoms with Crippen molar-refractivity contribution in [3.05, 3.63) is 82.3 Å². The first kappa shape index (κ1) is 21.0. The van der Waals surface area contributed by atoms with E-state index in [1.807, 2.05) is 5.32 Å². The standard InChI is InChI=1S/C22H12ClFN2O6/c23-15-7-5-11(21(29)30)9-13(15)18-8-6-12(32-18)10-14-19(27)25-22(31)26(20(14)28)17-4-2-1-3-16(17)24/h1-10H,(H,29,30)(H,25,27,31). The highest BCUT2D eigenvalue weighted by molar-refractivity contribution is 6.39. The topological polar surface area (TPSA) is 117 Å². The average Bonchev–Trinajstić information content (AvgIpc) is 3.21. The highest BCUT2D eigenvalue weighted by Crippen LogP contribution is 2.31. The minimum absolute atomic E-state index is 0.0124. The van der Waals surface area contributed by atoms with E-state index in [1.54, 1.807) is 0 Å². The number of urea groups is 1. The van der Waals surface area contributed by atoms with E-state index >= 15 is 0 Å². The summed E-state index contributed by atoms with van der Waals surface area (Å²) >= 11 is 6.13. The van der Waals surface area contributed by atoms with Crippen molar-refractivity contribution < 1.29 is 33.1 Å². The van der Waals surface area contributed by atoms with Crippen molar-refractivity contribution in [3.8, 4) is 11.3 Å². The normalized spacial score (nSPS) is 15.2. The number of aromatic carboxylic acids is 1. The lowest BCUT2D eigenvalue weighted by Gasteiger charge is -2.26. The van der Waals surface area contributed by atoms with Gasteiger partial charge in [-0.15, -0.1) is 0 Å². The van der Waals surface area contributed by atoms with Gasteiger partial charge in [-0.05, 0) is 48.5 Å². The molecule has 0 bridgehead atoms. The summed E-state index contributed by atoms with van der Waals surface area (Å²) in [6.45, 7) is 0. The maximum atomic E-state index is 14.1. The number of furan rings is 1. The second kappa shape index (κ2) is 8.12. The third-order valence-electron chi connectivity index (χ3n) is 4.59. The molecule has 1 aliphatic heterocycles. The van der Waals surface area contributed by atoms with Crippen LogP contribution in [-0.4, -0.2) is 28.9 Å². The Bertz CT molecular complexity index is 1330. The number of hydrogen-bond acceptors (Lipinski definition) is 5. The molecule has 3 aromatic rings. The van der Waals surface area contributed by atoms with Crippen molar-refractivity contribution >= 4 is 47.2 Å². The molecule has 8 nitrogen and oxygen atoms in total. The first-order chi connectivity index (χ1) is 15.3. The maximum absolute atomic E-state index is 14.1. The largest absolute Gasteiger partial charge is 0.478 e. The number of benzene rings is 2. The smallest absolute Gasteiger partial charge is 0.336 e. The van der Waals surface area contributed by atoms with Gasteiger partial charge < -0.3 is 9.52 Å². The highest BCUT2D eigenvalue weighted by atomic mass is 35.5. The number of nitrogens with zero attached hydrogens (tertiary/aromatic N) is 1. The number of carboxylic acids is 1. The first-order valence-corrected chi connectivity index (χ1v) is 9.43. The Hall–Kier alpha value is -4.24. The van der Waals surface area contributed by atoms with Crippen LogP contribution in [0.15, 0.2) is 64.6 Å². The molecule has 32 heavy (non-hydrogen) atoms. The molecule has 10 heteroatoms. The van der Waals surface area contributed by atoms with Crippen molar-refractivity contribution in [2.45, 2.75) is 0 Å². The van der Waals surface area contributed by atoms with Crippen molar-refractivity contribution in [1.29, 1.82) is 0 Å². The van der Waals surface area contributed by atoms with Gasteiger partial charge in [0.25, 0.3) is 11.8 Å². The minimum Gasteiger partial charge on any atom is -0.478 e. The van der Waals surface area contributed by atoms with Crippen LogP contribution in [0.2, 0.25) is 5.02 Å². The Labute approximate surface area is 184 Å². The van der Waals surface area contributed by atoms with Crippen molar-refractivity contribution in [1.82, 2.24) is 5.32 Å². The van der Waals surface area contributed by atoms with Crippen molar-refractivity contribution in [2.24, 2.45) is 0 Å². The molecular formula is C22H12ClFN2O6. The third kappa shape index (κ3) is 3.77. The lowest BCUT2D eigenvalue weighted by Crippen LogP contribution is -2.54. The summed E-state index contributed by atoms with van der Waals surface area (Å²) in [5.41, 5.74) is -0.495. The predicted octanol–water partition coefficient (Wildman–Crippen LogP) is 4.10. The zero-order valence-electron chi connectivity index (χ0n) is 16.0. The Kier molecular flexibility index (Phi) is 5.33. The summed E-state index contributed by atoms with van der Waals surface area (Å²) in [6, 6.07) is 11.0. The minimum atomic E-state index is -1.15. The molecule has 0 atom stereocenters. The second-order valence-electron chi connectivity index (χ2n) is 6.61. The van der Waals surface area contributed by atoms with Crippen LogP contribution in [0.5, 0.6) is 0 Å². The number of anilines is 1. The van der Waals surface area contributed by atoms with Gasteiger partial charge >= 0.3 is 12.0 Å². The summed E-state index contributed by atoms with van der Waals surface area (Å²) in [4.78, 5) is 49.0. The fraction of sp³-hybridized carbons (Fsp3) is 0. The van der Waals surface area contributed by atoms with Gasteiger partial charge in [0.05, 0.1) is 16.3 Å². The number of halogens is 2. The van der Waals surface area contributed by atoms with Crippen LogP contribution in [0.25, 0.3) is 17.4 Å². The number of barbiturate groups is 1. The molecule has 0 unspecified atom stereocenters. The van der Waals surface area contributed by atoms with Gasteiger partial charge in [-0.1, -0.05) is 23.7 Å². The maximum Gasteiger partial charge on any atom is 0.336 e. The zero-order chi connectivity index (χ0) is 23.0. The van der Waals surface area contributed by atoms with Crippen LogP contribution < -0.4 is 10.2 Å². The molecule has 1 aliphatic rings. The summed E-state index contributed by atoms with van der Waals surface area (Å²) < 4.78 is 19.8. The Morgan fingerprint density at radius 1 is 1.09 bits per heavy atom. The molecule has 0 aliphatic carbocycles. The van der Waals surface area contributed by atoms with Crippen molar-refractivity contribution in [3.63, 3.8) is 0 Å². The van der Waals surface area contributed by atoms with Gasteiger partial charge in [0.15, 0.2) is 0 Å². The number of rotatable bonds is 4. The SMILES string of the molecule is O=C1NC(=O)N(c2ccccc2F)C(=O)C1=Cc1ccc(-c2cc(C(=O)O)ccc2Cl)o1. The van der Waals surface area contributed by atoms with Gasteiger partial charge in [-0.3, -0.25) is 14.9 Å². The van der Waals surface area contributed by atoms with Crippen LogP contribution in [0, 0.1) is 5.82 Å². The number of hydrogen-bond donors (Lipinski definition) is 2. The summed E-state index contributed by atoms with van der Waals surface area (Å²) in [7, 11) is 0. The van der Waals surface area contributed by atoms with Crippen LogP contribution in [0.1, 0.15) is 16.1 Å². The molecule has 1 fully saturated rings. The van der Waals surface area contributed by atoms with Gasteiger partial charge in [-0.2, -0.15) is 0 Å². The number of imide groups is 2. The molecule has 0 spiro atoms. The van der Waals surface area contributed by atoms with Crippen LogP contribution in [0.4, 0.5) is 14.9 Å². The fourth-order valence-electron chi connectivity index (χ4n) is 3.07. The highest BCUT2D eigenvalue weighted by Gasteiger charge is 2.38. The van der Waals surface area contributed by atoms with Gasteiger partial charge in [0.2, 0.25) is 0 Å². The molecule has 0 radical (unpaired) electrons. The molecule has 2 N–H and O–H groups in total. The Balaban J connectivity index is 1.71. The van der Waals surface area contributed by atoms with Gasteiger partial charge in [-0.25, -0.2) is 18.9 Å². The monoisotopic (exact) mass is 454 g/mol. The van der Waals surface area contributed by atoms with Crippen LogP contribution >= 0.6 is 11.6 Å². The van der Waals surface area contributed by atoms with Gasteiger partial charge in [0, 0.05) is 5.56 Å². The molecule has 2 aromatic carbocycles. The fourth-order valence-corrected chi connectivity index (χ4v) is 3.28. The number of carbonyl (C=O) groups excluding carboxylic acids is 3.